The molecule has 5 heteroatoms. The van der Waals surface area contributed by atoms with E-state index in [-0.39, 0.29) is 17.4 Å². The molecule has 2 N–H and O–H groups in total. The summed E-state index contributed by atoms with van der Waals surface area (Å²) in [5.41, 5.74) is 6.13. The first-order valence-corrected chi connectivity index (χ1v) is 5.12. The maximum absolute atomic E-state index is 13.2. The van der Waals surface area contributed by atoms with E-state index in [4.69, 9.17) is 18.0 Å². The Balaban J connectivity index is 2.88. The molecule has 0 aliphatic carbocycles. The molecule has 1 amide bonds. The lowest BCUT2D eigenvalue weighted by atomic mass is 10.1. The molecule has 1 aromatic rings. The molecule has 1 rings (SSSR count). The van der Waals surface area contributed by atoms with Gasteiger partial charge in [-0.1, -0.05) is 18.3 Å². The Morgan fingerprint density at radius 3 is 2.69 bits per heavy atom. The van der Waals surface area contributed by atoms with Crippen LogP contribution in [0.2, 0.25) is 0 Å². The van der Waals surface area contributed by atoms with Crippen LogP contribution < -0.4 is 5.73 Å². The van der Waals surface area contributed by atoms with E-state index in [2.05, 4.69) is 0 Å². The van der Waals surface area contributed by atoms with Crippen molar-refractivity contribution in [3.63, 3.8) is 0 Å². The van der Waals surface area contributed by atoms with Crippen LogP contribution in [0.15, 0.2) is 18.2 Å². The number of benzene rings is 1. The zero-order valence-corrected chi connectivity index (χ0v) is 9.97. The lowest BCUT2D eigenvalue weighted by Crippen LogP contribution is -2.34. The van der Waals surface area contributed by atoms with Gasteiger partial charge in [-0.05, 0) is 24.6 Å². The summed E-state index contributed by atoms with van der Waals surface area (Å²) in [6, 6.07) is 4.36. The molecule has 16 heavy (non-hydrogen) atoms. The fraction of sp³-hybridized carbons (Fsp3) is 0.273. The van der Waals surface area contributed by atoms with Gasteiger partial charge in [0.1, 0.15) is 5.82 Å². The number of rotatable bonds is 3. The first-order valence-electron chi connectivity index (χ1n) is 4.71. The molecular formula is C11H13FN2OS. The van der Waals surface area contributed by atoms with Crippen LogP contribution in [0.4, 0.5) is 4.39 Å². The van der Waals surface area contributed by atoms with Gasteiger partial charge in [-0.2, -0.15) is 0 Å². The van der Waals surface area contributed by atoms with Crippen LogP contribution in [0.25, 0.3) is 0 Å². The number of nitrogens with two attached hydrogens (primary N) is 1. The quantitative estimate of drug-likeness (QED) is 0.814. The van der Waals surface area contributed by atoms with Crippen LogP contribution in [-0.2, 0) is 0 Å². The Labute approximate surface area is 99.0 Å². The molecule has 0 atom stereocenters. The minimum Gasteiger partial charge on any atom is -0.392 e. The Hall–Kier alpha value is -1.49. The number of nitrogens with zero attached hydrogens (tertiary/aromatic N) is 1. The number of thiocarbonyl (C=S) groups is 1. The molecule has 0 saturated heterocycles. The minimum atomic E-state index is -0.394. The summed E-state index contributed by atoms with van der Waals surface area (Å²) < 4.78 is 13.2. The second-order valence-electron chi connectivity index (χ2n) is 3.59. The third kappa shape index (κ3) is 3.00. The first kappa shape index (κ1) is 12.6. The van der Waals surface area contributed by atoms with Crippen LogP contribution in [0.3, 0.4) is 0 Å². The smallest absolute Gasteiger partial charge is 0.254 e. The molecule has 0 bridgehead atoms. The van der Waals surface area contributed by atoms with Crippen molar-refractivity contribution < 1.29 is 9.18 Å². The molecule has 86 valence electrons. The van der Waals surface area contributed by atoms with Gasteiger partial charge in [0.05, 0.1) is 11.5 Å². The maximum atomic E-state index is 13.2. The summed E-state index contributed by atoms with van der Waals surface area (Å²) in [7, 11) is 1.57. The van der Waals surface area contributed by atoms with Gasteiger partial charge in [0.15, 0.2) is 0 Å². The highest BCUT2D eigenvalue weighted by atomic mass is 32.1. The molecule has 0 fully saturated rings. The molecule has 0 radical (unpaired) electrons. The second kappa shape index (κ2) is 5.03. The monoisotopic (exact) mass is 240 g/mol. The fourth-order valence-electron chi connectivity index (χ4n) is 1.25. The first-order chi connectivity index (χ1) is 7.41. The number of carbonyl (C=O) groups excluding carboxylic acids is 1. The number of amides is 1. The van der Waals surface area contributed by atoms with Gasteiger partial charge >= 0.3 is 0 Å². The molecular weight excluding hydrogens is 227 g/mol. The van der Waals surface area contributed by atoms with Gasteiger partial charge in [-0.25, -0.2) is 4.39 Å². The van der Waals surface area contributed by atoms with Gasteiger partial charge in [0.25, 0.3) is 5.91 Å². The van der Waals surface area contributed by atoms with Crippen molar-refractivity contribution in [3.8, 4) is 0 Å². The van der Waals surface area contributed by atoms with E-state index >= 15 is 0 Å². The molecule has 3 nitrogen and oxygen atoms in total. The van der Waals surface area contributed by atoms with E-state index in [1.165, 1.54) is 11.0 Å². The van der Waals surface area contributed by atoms with Crippen molar-refractivity contribution in [2.45, 2.75) is 6.92 Å². The maximum Gasteiger partial charge on any atom is 0.254 e. The SMILES string of the molecule is Cc1ccc(C(=O)N(C)CC(N)=S)cc1F. The molecule has 0 unspecified atom stereocenters. The van der Waals surface area contributed by atoms with Gasteiger partial charge in [-0.15, -0.1) is 0 Å². The largest absolute Gasteiger partial charge is 0.392 e. The average molecular weight is 240 g/mol. The van der Waals surface area contributed by atoms with E-state index in [1.54, 1.807) is 26.1 Å². The molecule has 0 aliphatic heterocycles. The summed E-state index contributed by atoms with van der Waals surface area (Å²) in [5.74, 6) is -0.693. The van der Waals surface area contributed by atoms with E-state index < -0.39 is 5.82 Å². The van der Waals surface area contributed by atoms with Crippen LogP contribution in [-0.4, -0.2) is 29.4 Å². The highest BCUT2D eigenvalue weighted by Gasteiger charge is 2.13. The highest BCUT2D eigenvalue weighted by molar-refractivity contribution is 7.80. The topological polar surface area (TPSA) is 46.3 Å². The van der Waals surface area contributed by atoms with Crippen molar-refractivity contribution in [2.24, 2.45) is 5.73 Å². The molecule has 0 aromatic heterocycles. The normalized spacial score (nSPS) is 9.94. The number of halogens is 1. The highest BCUT2D eigenvalue weighted by Crippen LogP contribution is 2.10. The fourth-order valence-corrected chi connectivity index (χ4v) is 1.45. The zero-order chi connectivity index (χ0) is 12.3. The third-order valence-electron chi connectivity index (χ3n) is 2.16. The Bertz CT molecular complexity index is 434. The third-order valence-corrected chi connectivity index (χ3v) is 2.29. The van der Waals surface area contributed by atoms with Crippen LogP contribution in [0, 0.1) is 12.7 Å². The number of likely N-dealkylation sites (N-methyl/N-ethyl adjacent to an activating group) is 1. The number of hydrogen-bond acceptors (Lipinski definition) is 2. The molecule has 0 spiro atoms. The number of hydrogen-bond donors (Lipinski definition) is 1. The van der Waals surface area contributed by atoms with Crippen LogP contribution in [0.1, 0.15) is 15.9 Å². The van der Waals surface area contributed by atoms with E-state index in [1.807, 2.05) is 0 Å². The van der Waals surface area contributed by atoms with Gasteiger partial charge in [-0.3, -0.25) is 4.79 Å². The number of carbonyl (C=O) groups is 1. The van der Waals surface area contributed by atoms with Crippen LogP contribution in [0.5, 0.6) is 0 Å². The van der Waals surface area contributed by atoms with Crippen molar-refractivity contribution in [3.05, 3.63) is 35.1 Å². The summed E-state index contributed by atoms with van der Waals surface area (Å²) in [5, 5.41) is 0. The van der Waals surface area contributed by atoms with E-state index in [0.717, 1.165) is 0 Å². The average Bonchev–Trinajstić information content (AvgIpc) is 2.20. The Morgan fingerprint density at radius 2 is 2.19 bits per heavy atom. The molecule has 1 aromatic carbocycles. The summed E-state index contributed by atoms with van der Waals surface area (Å²) in [4.78, 5) is 13.4. The van der Waals surface area contributed by atoms with Gasteiger partial charge in [0.2, 0.25) is 0 Å². The predicted octanol–water partition coefficient (Wildman–Crippen LogP) is 1.49. The van der Waals surface area contributed by atoms with E-state index in [0.29, 0.717) is 11.1 Å². The van der Waals surface area contributed by atoms with Crippen LogP contribution >= 0.6 is 12.2 Å². The lowest BCUT2D eigenvalue weighted by Gasteiger charge is -2.16. The Morgan fingerprint density at radius 1 is 1.56 bits per heavy atom. The summed E-state index contributed by atoms with van der Waals surface area (Å²) >= 11 is 4.70. The number of aryl methyl sites for hydroxylation is 1. The Kier molecular flexibility index (Phi) is 3.95. The summed E-state index contributed by atoms with van der Waals surface area (Å²) in [6.45, 7) is 1.83. The van der Waals surface area contributed by atoms with Crippen molar-refractivity contribution in [1.82, 2.24) is 4.90 Å². The van der Waals surface area contributed by atoms with E-state index in [9.17, 15) is 9.18 Å². The molecule has 0 heterocycles. The van der Waals surface area contributed by atoms with Crippen molar-refractivity contribution in [2.75, 3.05) is 13.6 Å². The predicted molar refractivity (Wildman–Crippen MR) is 64.9 cm³/mol. The van der Waals surface area contributed by atoms with Crippen molar-refractivity contribution in [1.29, 1.82) is 0 Å². The molecule has 0 saturated carbocycles. The lowest BCUT2D eigenvalue weighted by molar-refractivity contribution is 0.0814. The molecule has 0 aliphatic rings. The van der Waals surface area contributed by atoms with Crippen molar-refractivity contribution >= 4 is 23.1 Å². The summed E-state index contributed by atoms with van der Waals surface area (Å²) in [6.07, 6.45) is 0. The van der Waals surface area contributed by atoms with Gasteiger partial charge < -0.3 is 10.6 Å². The van der Waals surface area contributed by atoms with Gasteiger partial charge in [0, 0.05) is 12.6 Å². The minimum absolute atomic E-state index is 0.184. The second-order valence-corrected chi connectivity index (χ2v) is 4.12. The standard InChI is InChI=1S/C11H13FN2OS/c1-7-3-4-8(5-9(7)12)11(15)14(2)6-10(13)16/h3-5H,6H2,1-2H3,(H2,13,16). The zero-order valence-electron chi connectivity index (χ0n) is 9.16.